The van der Waals surface area contributed by atoms with Gasteiger partial charge in [0.2, 0.25) is 10.0 Å². The second kappa shape index (κ2) is 9.45. The Kier molecular flexibility index (Phi) is 7.45. The Labute approximate surface area is 172 Å². The van der Waals surface area contributed by atoms with Gasteiger partial charge in [-0.2, -0.15) is 13.2 Å². The van der Waals surface area contributed by atoms with E-state index in [0.29, 0.717) is 5.56 Å². The number of nitrogens with zero attached hydrogens (tertiary/aromatic N) is 1. The summed E-state index contributed by atoms with van der Waals surface area (Å²) in [6, 6.07) is 7.96. The first kappa shape index (κ1) is 23.6. The van der Waals surface area contributed by atoms with Gasteiger partial charge in [-0.15, -0.1) is 0 Å². The Bertz CT molecular complexity index is 990. The van der Waals surface area contributed by atoms with Crippen molar-refractivity contribution in [3.05, 3.63) is 59.2 Å². The molecule has 2 aromatic rings. The highest BCUT2D eigenvalue weighted by molar-refractivity contribution is 7.89. The van der Waals surface area contributed by atoms with Crippen LogP contribution in [0.2, 0.25) is 0 Å². The summed E-state index contributed by atoms with van der Waals surface area (Å²) in [7, 11) is -1.13. The van der Waals surface area contributed by atoms with Gasteiger partial charge >= 0.3 is 12.1 Å². The second-order valence-electron chi connectivity index (χ2n) is 6.42. The van der Waals surface area contributed by atoms with E-state index in [1.54, 1.807) is 0 Å². The Balaban J connectivity index is 2.25. The lowest BCUT2D eigenvalue weighted by Gasteiger charge is -2.15. The van der Waals surface area contributed by atoms with Gasteiger partial charge < -0.3 is 15.2 Å². The third-order valence-electron chi connectivity index (χ3n) is 4.07. The van der Waals surface area contributed by atoms with Crippen molar-refractivity contribution in [3.63, 3.8) is 0 Å². The summed E-state index contributed by atoms with van der Waals surface area (Å²) >= 11 is 0. The first-order valence-electron chi connectivity index (χ1n) is 8.71. The molecule has 0 saturated carbocycles. The van der Waals surface area contributed by atoms with Crippen molar-refractivity contribution in [1.29, 1.82) is 0 Å². The number of alkyl halides is 3. The number of ether oxygens (including phenoxy) is 1. The molecule has 0 saturated heterocycles. The number of carbonyl (C=O) groups excluding carboxylic acids is 1. The Morgan fingerprint density at radius 2 is 1.77 bits per heavy atom. The zero-order valence-corrected chi connectivity index (χ0v) is 17.0. The molecule has 0 aromatic heterocycles. The van der Waals surface area contributed by atoms with Gasteiger partial charge in [0.25, 0.3) is 0 Å². The highest BCUT2D eigenvalue weighted by Crippen LogP contribution is 2.29. The normalized spacial score (nSPS) is 12.1. The van der Waals surface area contributed by atoms with Crippen LogP contribution in [0.3, 0.4) is 0 Å². The van der Waals surface area contributed by atoms with Gasteiger partial charge in [-0.05, 0) is 35.9 Å². The fourth-order valence-electron chi connectivity index (χ4n) is 2.42. The fourth-order valence-corrected chi connectivity index (χ4v) is 3.35. The average Bonchev–Trinajstić information content (AvgIpc) is 2.69. The van der Waals surface area contributed by atoms with Gasteiger partial charge in [-0.1, -0.05) is 12.1 Å². The number of anilines is 1. The first-order valence-corrected chi connectivity index (χ1v) is 10.2. The monoisotopic (exact) mass is 446 g/mol. The molecule has 7 nitrogen and oxygen atoms in total. The van der Waals surface area contributed by atoms with Crippen molar-refractivity contribution < 1.29 is 36.2 Å². The van der Waals surface area contributed by atoms with E-state index in [0.717, 1.165) is 22.5 Å². The smallest absolute Gasteiger partial charge is 0.416 e. The van der Waals surface area contributed by atoms with Gasteiger partial charge in [0.1, 0.15) is 6.61 Å². The molecule has 0 aliphatic heterocycles. The topological polar surface area (TPSA) is 95.9 Å². The molecule has 0 spiro atoms. The molecule has 0 aliphatic carbocycles. The van der Waals surface area contributed by atoms with E-state index in [1.165, 1.54) is 38.4 Å². The number of benzene rings is 2. The first-order chi connectivity index (χ1) is 14.0. The molecule has 30 heavy (non-hydrogen) atoms. The number of aliphatic hydroxyl groups excluding tert-OH is 1. The lowest BCUT2D eigenvalue weighted by molar-refractivity contribution is -0.137. The molecule has 2 rings (SSSR count). The molecule has 11 heteroatoms. The maximum atomic E-state index is 12.6. The third-order valence-corrected chi connectivity index (χ3v) is 5.88. The van der Waals surface area contributed by atoms with Crippen molar-refractivity contribution >= 4 is 21.7 Å². The van der Waals surface area contributed by atoms with Gasteiger partial charge in [0.15, 0.2) is 0 Å². The molecule has 0 unspecified atom stereocenters. The van der Waals surface area contributed by atoms with Crippen molar-refractivity contribution in [3.8, 4) is 0 Å². The molecule has 0 fully saturated rings. The molecule has 0 amide bonds. The summed E-state index contributed by atoms with van der Waals surface area (Å²) in [5.41, 5.74) is -0.328. The van der Waals surface area contributed by atoms with Crippen LogP contribution in [-0.4, -0.2) is 51.0 Å². The molecular formula is C19H21F3N2O5S. The molecule has 0 bridgehead atoms. The number of hydrogen-bond acceptors (Lipinski definition) is 6. The molecule has 2 aromatic carbocycles. The number of esters is 1. The van der Waals surface area contributed by atoms with Crippen LogP contribution in [0, 0.1) is 0 Å². The maximum Gasteiger partial charge on any atom is 0.416 e. The highest BCUT2D eigenvalue weighted by Gasteiger charge is 2.30. The number of hydrogen-bond donors (Lipinski definition) is 2. The molecule has 0 aliphatic rings. The summed E-state index contributed by atoms with van der Waals surface area (Å²) in [4.78, 5) is 12.4. The zero-order chi connectivity index (χ0) is 22.5. The van der Waals surface area contributed by atoms with E-state index < -0.39 is 27.7 Å². The van der Waals surface area contributed by atoms with Crippen LogP contribution in [0.1, 0.15) is 21.5 Å². The Morgan fingerprint density at radius 1 is 1.13 bits per heavy atom. The minimum absolute atomic E-state index is 0.0849. The summed E-state index contributed by atoms with van der Waals surface area (Å²) in [6.45, 7) is -0.419. The van der Waals surface area contributed by atoms with Crippen LogP contribution in [0.5, 0.6) is 0 Å². The zero-order valence-electron chi connectivity index (χ0n) is 16.2. The van der Waals surface area contributed by atoms with Crippen molar-refractivity contribution in [2.24, 2.45) is 0 Å². The van der Waals surface area contributed by atoms with Gasteiger partial charge in [-0.25, -0.2) is 17.5 Å². The quantitative estimate of drug-likeness (QED) is 0.606. The maximum absolute atomic E-state index is 12.6. The summed E-state index contributed by atoms with van der Waals surface area (Å²) in [6.07, 6.45) is -4.47. The van der Waals surface area contributed by atoms with E-state index in [-0.39, 0.29) is 35.9 Å². The van der Waals surface area contributed by atoms with Crippen molar-refractivity contribution in [1.82, 2.24) is 4.31 Å². The summed E-state index contributed by atoms with van der Waals surface area (Å²) in [5.74, 6) is -0.869. The third kappa shape index (κ3) is 5.71. The number of halogens is 3. The van der Waals surface area contributed by atoms with Crippen LogP contribution in [0.15, 0.2) is 47.4 Å². The van der Waals surface area contributed by atoms with E-state index >= 15 is 0 Å². The number of rotatable bonds is 8. The minimum atomic E-state index is -4.47. The van der Waals surface area contributed by atoms with Crippen LogP contribution >= 0.6 is 0 Å². The molecular weight excluding hydrogens is 425 g/mol. The fraction of sp³-hybridized carbons (Fsp3) is 0.316. The summed E-state index contributed by atoms with van der Waals surface area (Å²) < 4.78 is 68.7. The molecule has 164 valence electrons. The Hall–Kier alpha value is -2.63. The van der Waals surface area contributed by atoms with Crippen LogP contribution in [0.25, 0.3) is 0 Å². The van der Waals surface area contributed by atoms with Gasteiger partial charge in [-0.3, -0.25) is 0 Å². The highest BCUT2D eigenvalue weighted by atomic mass is 32.2. The molecule has 0 radical (unpaired) electrons. The second-order valence-corrected chi connectivity index (χ2v) is 8.57. The minimum Gasteiger partial charge on any atom is -0.457 e. The number of nitrogens with one attached hydrogen (secondary N) is 1. The van der Waals surface area contributed by atoms with E-state index in [4.69, 9.17) is 9.84 Å². The van der Waals surface area contributed by atoms with Gasteiger partial charge in [0, 0.05) is 26.3 Å². The number of sulfonamides is 1. The Morgan fingerprint density at radius 3 is 2.30 bits per heavy atom. The molecule has 2 N–H and O–H groups in total. The van der Waals surface area contributed by atoms with E-state index in [9.17, 15) is 26.4 Å². The lowest BCUT2D eigenvalue weighted by atomic mass is 10.1. The molecule has 0 atom stereocenters. The van der Waals surface area contributed by atoms with Crippen molar-refractivity contribution in [2.45, 2.75) is 17.7 Å². The van der Waals surface area contributed by atoms with Gasteiger partial charge in [0.05, 0.1) is 22.6 Å². The average molecular weight is 446 g/mol. The summed E-state index contributed by atoms with van der Waals surface area (Å²) in [5, 5.41) is 11.8. The van der Waals surface area contributed by atoms with E-state index in [1.807, 2.05) is 0 Å². The van der Waals surface area contributed by atoms with Crippen LogP contribution in [0.4, 0.5) is 18.9 Å². The van der Waals surface area contributed by atoms with E-state index in [2.05, 4.69) is 5.32 Å². The van der Waals surface area contributed by atoms with Crippen molar-refractivity contribution in [2.75, 3.05) is 32.6 Å². The largest absolute Gasteiger partial charge is 0.457 e. The predicted octanol–water partition coefficient (Wildman–Crippen LogP) is 2.72. The SMILES string of the molecule is CN(C)S(=O)(=O)c1ccc(NCCO)c(C(=O)OCc2ccc(C(F)(F)F)cc2)c1. The number of carbonyl (C=O) groups is 1. The number of aliphatic hydroxyl groups is 1. The van der Waals surface area contributed by atoms with Crippen LogP contribution in [-0.2, 0) is 27.5 Å². The predicted molar refractivity (Wildman–Crippen MR) is 103 cm³/mol. The molecule has 0 heterocycles. The van der Waals surface area contributed by atoms with Crippen LogP contribution < -0.4 is 5.32 Å². The lowest BCUT2D eigenvalue weighted by Crippen LogP contribution is -2.23. The standard InChI is InChI=1S/C19H21F3N2O5S/c1-24(2)30(27,28)15-7-8-17(23-9-10-25)16(11-15)18(26)29-12-13-3-5-14(6-4-13)19(20,21)22/h3-8,11,23,25H,9-10,12H2,1-2H3.